The lowest BCUT2D eigenvalue weighted by Crippen LogP contribution is -2.49. The minimum atomic E-state index is -5.78. The first-order valence-electron chi connectivity index (χ1n) is 9.39. The highest BCUT2D eigenvalue weighted by molar-refractivity contribution is 5.96. The number of rotatable bonds is 4. The van der Waals surface area contributed by atoms with Crippen LogP contribution < -0.4 is 11.1 Å². The molecule has 3 amide bonds. The molecule has 3 rings (SSSR count). The quantitative estimate of drug-likeness (QED) is 0.660. The van der Waals surface area contributed by atoms with Gasteiger partial charge in [-0.1, -0.05) is 0 Å². The number of piperidine rings is 1. The molecule has 2 heterocycles. The van der Waals surface area contributed by atoms with Crippen LogP contribution in [-0.4, -0.2) is 59.3 Å². The van der Waals surface area contributed by atoms with Gasteiger partial charge in [0.15, 0.2) is 0 Å². The average molecular weight is 468 g/mol. The number of nitrogens with one attached hydrogen (secondary N) is 1. The van der Waals surface area contributed by atoms with Crippen LogP contribution in [0.3, 0.4) is 0 Å². The summed E-state index contributed by atoms with van der Waals surface area (Å²) in [6.07, 6.45) is -15.3. The summed E-state index contributed by atoms with van der Waals surface area (Å²) < 4.78 is 79.1. The number of primary amides is 1. The summed E-state index contributed by atoms with van der Waals surface area (Å²) >= 11 is 0. The van der Waals surface area contributed by atoms with Gasteiger partial charge in [0.25, 0.3) is 12.0 Å². The van der Waals surface area contributed by atoms with E-state index in [1.807, 2.05) is 0 Å². The number of nitrogens with zero attached hydrogens (tertiary/aromatic N) is 2. The van der Waals surface area contributed by atoms with Gasteiger partial charge in [-0.05, 0) is 36.8 Å². The molecule has 0 radical (unpaired) electrons. The van der Waals surface area contributed by atoms with Gasteiger partial charge >= 0.3 is 18.4 Å². The lowest BCUT2D eigenvalue weighted by atomic mass is 9.91. The molecule has 1 aliphatic carbocycles. The van der Waals surface area contributed by atoms with Crippen LogP contribution in [0.25, 0.3) is 0 Å². The van der Waals surface area contributed by atoms with Gasteiger partial charge in [-0.15, -0.1) is 0 Å². The van der Waals surface area contributed by atoms with E-state index < -0.39 is 41.8 Å². The van der Waals surface area contributed by atoms with E-state index in [4.69, 9.17) is 5.73 Å². The van der Waals surface area contributed by atoms with Crippen molar-refractivity contribution in [1.29, 1.82) is 0 Å². The lowest BCUT2D eigenvalue weighted by Gasteiger charge is -2.33. The molecule has 0 aromatic carbocycles. The predicted octanol–water partition coefficient (Wildman–Crippen LogP) is 2.85. The zero-order valence-electron chi connectivity index (χ0n) is 16.3. The molecule has 1 aromatic heterocycles. The molecule has 0 bridgehead atoms. The monoisotopic (exact) mass is 468 g/mol. The van der Waals surface area contributed by atoms with Crippen LogP contribution in [0.5, 0.6) is 0 Å². The molecule has 1 saturated heterocycles. The number of likely N-dealkylation sites (tertiary alicyclic amines) is 1. The van der Waals surface area contributed by atoms with Crippen LogP contribution in [0, 0.1) is 11.3 Å². The van der Waals surface area contributed by atoms with Gasteiger partial charge in [0.1, 0.15) is 5.69 Å². The third-order valence-electron chi connectivity index (χ3n) is 5.62. The Balaban J connectivity index is 1.53. The predicted molar refractivity (Wildman–Crippen MR) is 95.1 cm³/mol. The van der Waals surface area contributed by atoms with E-state index in [-0.39, 0.29) is 37.5 Å². The summed E-state index contributed by atoms with van der Waals surface area (Å²) in [5.41, 5.74) is 4.93. The van der Waals surface area contributed by atoms with E-state index in [1.165, 1.54) is 18.3 Å². The van der Waals surface area contributed by atoms with Crippen LogP contribution in [0.1, 0.15) is 29.8 Å². The Hall–Kier alpha value is -3.06. The second-order valence-electron chi connectivity index (χ2n) is 7.74. The highest BCUT2D eigenvalue weighted by atomic mass is 19.4. The van der Waals surface area contributed by atoms with Crippen LogP contribution >= 0.6 is 0 Å². The van der Waals surface area contributed by atoms with E-state index in [0.717, 1.165) is 4.90 Å². The Bertz CT molecular complexity index is 880. The highest BCUT2D eigenvalue weighted by Crippen LogP contribution is 2.59. The number of pyridine rings is 1. The summed E-state index contributed by atoms with van der Waals surface area (Å²) in [6.45, 7) is -0.278. The Kier molecular flexibility index (Phi) is 6.00. The Morgan fingerprint density at radius 1 is 1.12 bits per heavy atom. The van der Waals surface area contributed by atoms with Crippen molar-refractivity contribution < 1.29 is 45.5 Å². The first-order valence-corrected chi connectivity index (χ1v) is 9.39. The van der Waals surface area contributed by atoms with Crippen LogP contribution in [0.15, 0.2) is 18.3 Å². The van der Waals surface area contributed by atoms with Crippen molar-refractivity contribution in [2.75, 3.05) is 18.4 Å². The molecule has 8 nitrogen and oxygen atoms in total. The van der Waals surface area contributed by atoms with Crippen molar-refractivity contribution in [2.24, 2.45) is 17.1 Å². The van der Waals surface area contributed by atoms with Gasteiger partial charge in [-0.25, -0.2) is 9.78 Å². The van der Waals surface area contributed by atoms with E-state index in [2.05, 4.69) is 15.0 Å². The number of hydrogen-bond donors (Lipinski definition) is 2. The van der Waals surface area contributed by atoms with E-state index in [1.54, 1.807) is 0 Å². The molecule has 1 saturated carbocycles. The van der Waals surface area contributed by atoms with Gasteiger partial charge in [-0.3, -0.25) is 9.59 Å². The van der Waals surface area contributed by atoms with Crippen molar-refractivity contribution in [3.63, 3.8) is 0 Å². The minimum Gasteiger partial charge on any atom is -0.426 e. The van der Waals surface area contributed by atoms with Crippen LogP contribution in [0.2, 0.25) is 0 Å². The van der Waals surface area contributed by atoms with E-state index in [9.17, 15) is 40.7 Å². The second-order valence-corrected chi connectivity index (χ2v) is 7.74. The fourth-order valence-electron chi connectivity index (χ4n) is 3.74. The molecule has 14 heteroatoms. The van der Waals surface area contributed by atoms with E-state index in [0.29, 0.717) is 12.1 Å². The maximum Gasteiger partial charge on any atom is 0.434 e. The van der Waals surface area contributed by atoms with Gasteiger partial charge < -0.3 is 20.7 Å². The summed E-state index contributed by atoms with van der Waals surface area (Å²) in [6, 6.07) is 2.77. The summed E-state index contributed by atoms with van der Waals surface area (Å²) in [4.78, 5) is 39.9. The van der Waals surface area contributed by atoms with Crippen molar-refractivity contribution >= 4 is 23.6 Å². The van der Waals surface area contributed by atoms with Gasteiger partial charge in [0.05, 0.1) is 11.9 Å². The van der Waals surface area contributed by atoms with Crippen LogP contribution in [-0.2, 0) is 9.53 Å². The number of aromatic nitrogens is 1. The number of hydrogen-bond acceptors (Lipinski definition) is 5. The number of amides is 3. The molecule has 1 aromatic rings. The number of carbonyl (C=O) groups is 3. The van der Waals surface area contributed by atoms with E-state index >= 15 is 0 Å². The van der Waals surface area contributed by atoms with Gasteiger partial charge in [-0.2, -0.15) is 26.3 Å². The maximum absolute atomic E-state index is 12.6. The molecular formula is C18H18F6N4O4. The molecule has 1 spiro atoms. The van der Waals surface area contributed by atoms with Crippen molar-refractivity contribution in [2.45, 2.75) is 37.7 Å². The minimum absolute atomic E-state index is 0.0171. The number of ether oxygens (including phenoxy) is 1. The number of anilines is 1. The molecule has 1 atom stereocenters. The summed E-state index contributed by atoms with van der Waals surface area (Å²) in [5, 5.41) is 2.63. The standard InChI is InChI=1S/C18H18F6N4O4/c19-17(20,21)14(18(22,23)24)32-15(31)28-5-3-16(4-6-28)7-10(16)13(30)27-9-1-2-11(12(25)29)26-8-9/h1-2,8,10,14H,3-7H2,(H2,25,29)(H,27,30). The molecule has 1 unspecified atom stereocenters. The SMILES string of the molecule is NC(=O)c1ccc(NC(=O)C2CC23CCN(C(=O)OC(C(F)(F)F)C(F)(F)F)CC3)cn1. The zero-order chi connectivity index (χ0) is 23.9. The lowest BCUT2D eigenvalue weighted by molar-refractivity contribution is -0.308. The summed E-state index contributed by atoms with van der Waals surface area (Å²) in [7, 11) is 0. The number of halogens is 6. The molecule has 1 aliphatic heterocycles. The fraction of sp³-hybridized carbons (Fsp3) is 0.556. The maximum atomic E-state index is 12.6. The Morgan fingerprint density at radius 2 is 1.72 bits per heavy atom. The average Bonchev–Trinajstić information content (AvgIpc) is 3.38. The van der Waals surface area contributed by atoms with Gasteiger partial charge in [0.2, 0.25) is 5.91 Å². The molecule has 2 aliphatic rings. The fourth-order valence-corrected chi connectivity index (χ4v) is 3.74. The second kappa shape index (κ2) is 8.13. The first-order chi connectivity index (χ1) is 14.7. The largest absolute Gasteiger partial charge is 0.434 e. The smallest absolute Gasteiger partial charge is 0.426 e. The number of alkyl halides is 6. The first kappa shape index (κ1) is 23.6. The summed E-state index contributed by atoms with van der Waals surface area (Å²) in [5.74, 6) is -1.51. The Morgan fingerprint density at radius 3 is 2.19 bits per heavy atom. The molecule has 2 fully saturated rings. The molecule has 3 N–H and O–H groups in total. The zero-order valence-corrected chi connectivity index (χ0v) is 16.3. The number of nitrogens with two attached hydrogens (primary N) is 1. The third-order valence-corrected chi connectivity index (χ3v) is 5.62. The van der Waals surface area contributed by atoms with Crippen molar-refractivity contribution in [3.8, 4) is 0 Å². The normalized spacial score (nSPS) is 20.2. The Labute approximate surface area is 177 Å². The van der Waals surface area contributed by atoms with Gasteiger partial charge in [0, 0.05) is 19.0 Å². The topological polar surface area (TPSA) is 115 Å². The molecule has 32 heavy (non-hydrogen) atoms. The number of carbonyl (C=O) groups excluding carboxylic acids is 3. The molecular weight excluding hydrogens is 450 g/mol. The van der Waals surface area contributed by atoms with Crippen molar-refractivity contribution in [1.82, 2.24) is 9.88 Å². The van der Waals surface area contributed by atoms with Crippen LogP contribution in [0.4, 0.5) is 36.8 Å². The highest BCUT2D eigenvalue weighted by Gasteiger charge is 2.61. The van der Waals surface area contributed by atoms with Crippen molar-refractivity contribution in [3.05, 3.63) is 24.0 Å². The third kappa shape index (κ3) is 5.05. The molecule has 176 valence electrons.